The van der Waals surface area contributed by atoms with Gasteiger partial charge in [-0.2, -0.15) is 4.31 Å². The molecule has 0 saturated carbocycles. The number of rotatable bonds is 5. The van der Waals surface area contributed by atoms with Crippen LogP contribution in [0.4, 0.5) is 4.39 Å². The lowest BCUT2D eigenvalue weighted by atomic mass is 10.1. The van der Waals surface area contributed by atoms with E-state index in [4.69, 9.17) is 5.11 Å². The molecule has 0 fully saturated rings. The number of sulfonamides is 1. The van der Waals surface area contributed by atoms with Crippen LogP contribution in [0.15, 0.2) is 41.3 Å². The highest BCUT2D eigenvalue weighted by Crippen LogP contribution is 2.27. The molecule has 0 aromatic heterocycles. The van der Waals surface area contributed by atoms with Crippen molar-refractivity contribution < 1.29 is 22.7 Å². The molecule has 0 aliphatic rings. The maximum Gasteiger partial charge on any atom is 0.318 e. The second-order valence-corrected chi connectivity index (χ2v) is 7.00. The smallest absolute Gasteiger partial charge is 0.318 e. The second-order valence-electron chi connectivity index (χ2n) is 5.14. The van der Waals surface area contributed by atoms with Crippen LogP contribution in [0, 0.1) is 5.82 Å². The Labute approximate surface area is 128 Å². The van der Waals surface area contributed by atoms with Crippen LogP contribution in [0.5, 0.6) is 0 Å². The summed E-state index contributed by atoms with van der Waals surface area (Å²) in [6, 6.07) is 8.56. The van der Waals surface area contributed by atoms with Crippen LogP contribution in [0.2, 0.25) is 0 Å². The molecule has 0 radical (unpaired) electrons. The highest BCUT2D eigenvalue weighted by atomic mass is 32.2. The summed E-state index contributed by atoms with van der Waals surface area (Å²) in [5.74, 6) is -2.16. The zero-order valence-electron chi connectivity index (χ0n) is 12.2. The van der Waals surface area contributed by atoms with Crippen LogP contribution in [0.25, 0.3) is 10.8 Å². The van der Waals surface area contributed by atoms with Crippen LogP contribution in [0.1, 0.15) is 13.8 Å². The van der Waals surface area contributed by atoms with Gasteiger partial charge in [0.1, 0.15) is 11.4 Å². The Kier molecular flexibility index (Phi) is 4.48. The minimum Gasteiger partial charge on any atom is -0.480 e. The van der Waals surface area contributed by atoms with Gasteiger partial charge in [-0.25, -0.2) is 12.8 Å². The van der Waals surface area contributed by atoms with Crippen molar-refractivity contribution in [1.29, 1.82) is 0 Å². The summed E-state index contributed by atoms with van der Waals surface area (Å²) < 4.78 is 40.5. The molecule has 2 aromatic rings. The van der Waals surface area contributed by atoms with Gasteiger partial charge in [0.15, 0.2) is 5.82 Å². The van der Waals surface area contributed by atoms with Crippen molar-refractivity contribution in [3.05, 3.63) is 42.2 Å². The van der Waals surface area contributed by atoms with Crippen LogP contribution in [-0.2, 0) is 14.8 Å². The number of carbonyl (C=O) groups is 1. The molecule has 0 amide bonds. The standard InChI is InChI=1S/C15H16FNO4S/c1-10(2)17(9-14(18)19)22(20,21)13-8-7-11-5-3-4-6-12(11)15(13)16/h3-8,10H,9H2,1-2H3,(H,18,19). The number of hydrogen-bond donors (Lipinski definition) is 1. The summed E-state index contributed by atoms with van der Waals surface area (Å²) in [6.45, 7) is 2.37. The van der Waals surface area contributed by atoms with E-state index in [1.54, 1.807) is 32.0 Å². The molecule has 1 N–H and O–H groups in total. The van der Waals surface area contributed by atoms with Crippen molar-refractivity contribution in [3.8, 4) is 0 Å². The molecule has 0 unspecified atom stereocenters. The van der Waals surface area contributed by atoms with Gasteiger partial charge in [-0.15, -0.1) is 0 Å². The third-order valence-corrected chi connectivity index (χ3v) is 5.32. The maximum absolute atomic E-state index is 14.6. The molecule has 5 nitrogen and oxygen atoms in total. The van der Waals surface area contributed by atoms with Gasteiger partial charge >= 0.3 is 5.97 Å². The Bertz CT molecular complexity index is 817. The van der Waals surface area contributed by atoms with Crippen LogP contribution < -0.4 is 0 Å². The Morgan fingerprint density at radius 2 is 1.86 bits per heavy atom. The SMILES string of the molecule is CC(C)N(CC(=O)O)S(=O)(=O)c1ccc2ccccc2c1F. The number of benzene rings is 2. The molecule has 0 heterocycles. The maximum atomic E-state index is 14.6. The van der Waals surface area contributed by atoms with Crippen molar-refractivity contribution in [1.82, 2.24) is 4.31 Å². The van der Waals surface area contributed by atoms with Gasteiger partial charge < -0.3 is 5.11 Å². The molecule has 0 aliphatic heterocycles. The topological polar surface area (TPSA) is 74.7 Å². The van der Waals surface area contributed by atoms with Gasteiger partial charge in [0.25, 0.3) is 0 Å². The van der Waals surface area contributed by atoms with Gasteiger partial charge in [-0.3, -0.25) is 4.79 Å². The second kappa shape index (κ2) is 6.02. The molecular weight excluding hydrogens is 309 g/mol. The number of hydrogen-bond acceptors (Lipinski definition) is 3. The molecular formula is C15H16FNO4S. The lowest BCUT2D eigenvalue weighted by molar-refractivity contribution is -0.137. The van der Waals surface area contributed by atoms with Gasteiger partial charge in [-0.05, 0) is 25.3 Å². The van der Waals surface area contributed by atoms with Gasteiger partial charge in [0, 0.05) is 11.4 Å². The lowest BCUT2D eigenvalue weighted by Crippen LogP contribution is -2.40. The summed E-state index contributed by atoms with van der Waals surface area (Å²) in [5.41, 5.74) is 0. The molecule has 0 spiro atoms. The molecule has 118 valence electrons. The summed E-state index contributed by atoms with van der Waals surface area (Å²) in [7, 11) is -4.24. The number of carboxylic acids is 1. The summed E-state index contributed by atoms with van der Waals surface area (Å²) in [4.78, 5) is 10.4. The number of fused-ring (bicyclic) bond motifs is 1. The predicted octanol–water partition coefficient (Wildman–Crippen LogP) is 2.46. The van der Waals surface area contributed by atoms with E-state index in [1.807, 2.05) is 0 Å². The fourth-order valence-electron chi connectivity index (χ4n) is 2.22. The van der Waals surface area contributed by atoms with Gasteiger partial charge in [0.2, 0.25) is 10.0 Å². The van der Waals surface area contributed by atoms with E-state index in [9.17, 15) is 17.6 Å². The largest absolute Gasteiger partial charge is 0.480 e. The number of halogens is 1. The summed E-state index contributed by atoms with van der Waals surface area (Å²) in [6.07, 6.45) is 0. The number of nitrogens with zero attached hydrogens (tertiary/aromatic N) is 1. The third kappa shape index (κ3) is 2.95. The first kappa shape index (κ1) is 16.4. The minimum absolute atomic E-state index is 0.183. The van der Waals surface area contributed by atoms with E-state index < -0.39 is 39.3 Å². The molecule has 0 saturated heterocycles. The van der Waals surface area contributed by atoms with E-state index in [2.05, 4.69) is 0 Å². The fraction of sp³-hybridized carbons (Fsp3) is 0.267. The molecule has 2 aromatic carbocycles. The van der Waals surface area contributed by atoms with Crippen molar-refractivity contribution >= 4 is 26.8 Å². The van der Waals surface area contributed by atoms with E-state index in [-0.39, 0.29) is 5.39 Å². The Balaban J connectivity index is 2.62. The highest BCUT2D eigenvalue weighted by Gasteiger charge is 2.31. The van der Waals surface area contributed by atoms with E-state index in [0.29, 0.717) is 5.39 Å². The first-order valence-corrected chi connectivity index (χ1v) is 8.10. The number of carboxylic acid groups (broad SMARTS) is 1. The molecule has 7 heteroatoms. The van der Waals surface area contributed by atoms with Crippen LogP contribution >= 0.6 is 0 Å². The van der Waals surface area contributed by atoms with E-state index in [0.717, 1.165) is 4.31 Å². The van der Waals surface area contributed by atoms with Crippen LogP contribution in [0.3, 0.4) is 0 Å². The normalized spacial score (nSPS) is 12.2. The molecule has 2 rings (SSSR count). The van der Waals surface area contributed by atoms with Crippen molar-refractivity contribution in [2.75, 3.05) is 6.54 Å². The first-order valence-electron chi connectivity index (χ1n) is 6.66. The Morgan fingerprint density at radius 1 is 1.23 bits per heavy atom. The van der Waals surface area contributed by atoms with Crippen molar-refractivity contribution in [2.24, 2.45) is 0 Å². The number of aliphatic carboxylic acids is 1. The lowest BCUT2D eigenvalue weighted by Gasteiger charge is -2.24. The summed E-state index contributed by atoms with van der Waals surface area (Å²) in [5, 5.41) is 9.64. The fourth-order valence-corrected chi connectivity index (χ4v) is 3.88. The monoisotopic (exact) mass is 325 g/mol. The average Bonchev–Trinajstić information content (AvgIpc) is 2.44. The van der Waals surface area contributed by atoms with E-state index in [1.165, 1.54) is 18.2 Å². The van der Waals surface area contributed by atoms with Crippen molar-refractivity contribution in [3.63, 3.8) is 0 Å². The Morgan fingerprint density at radius 3 is 2.45 bits per heavy atom. The third-order valence-electron chi connectivity index (χ3n) is 3.28. The summed E-state index contributed by atoms with van der Waals surface area (Å²) >= 11 is 0. The zero-order chi connectivity index (χ0) is 16.5. The van der Waals surface area contributed by atoms with Gasteiger partial charge in [-0.1, -0.05) is 30.3 Å². The van der Waals surface area contributed by atoms with Gasteiger partial charge in [0.05, 0.1) is 0 Å². The zero-order valence-corrected chi connectivity index (χ0v) is 13.0. The minimum atomic E-state index is -4.24. The quantitative estimate of drug-likeness (QED) is 0.916. The molecule has 0 aliphatic carbocycles. The first-order chi connectivity index (χ1) is 10.2. The van der Waals surface area contributed by atoms with Crippen LogP contribution in [-0.4, -0.2) is 36.4 Å². The predicted molar refractivity (Wildman–Crippen MR) is 80.6 cm³/mol. The average molecular weight is 325 g/mol. The molecule has 0 atom stereocenters. The highest BCUT2D eigenvalue weighted by molar-refractivity contribution is 7.89. The van der Waals surface area contributed by atoms with E-state index >= 15 is 0 Å². The Hall–Kier alpha value is -1.99. The molecule has 22 heavy (non-hydrogen) atoms. The van der Waals surface area contributed by atoms with Crippen molar-refractivity contribution in [2.45, 2.75) is 24.8 Å². The molecule has 0 bridgehead atoms.